The Hall–Kier alpha value is -2.07. The second-order valence-electron chi connectivity index (χ2n) is 4.62. The Morgan fingerprint density at radius 1 is 0.950 bits per heavy atom. The number of nitrogens with one attached hydrogen (secondary N) is 1. The first-order valence-corrected chi connectivity index (χ1v) is 7.11. The van der Waals surface area contributed by atoms with Gasteiger partial charge in [-0.2, -0.15) is 0 Å². The molecule has 0 fully saturated rings. The van der Waals surface area contributed by atoms with Gasteiger partial charge in [0.05, 0.1) is 5.56 Å². The Morgan fingerprint density at radius 2 is 1.60 bits per heavy atom. The summed E-state index contributed by atoms with van der Waals surface area (Å²) in [4.78, 5) is 3.30. The van der Waals surface area contributed by atoms with Crippen molar-refractivity contribution in [3.63, 3.8) is 0 Å². The Morgan fingerprint density at radius 3 is 2.25 bits per heavy atom. The molecule has 0 aliphatic heterocycles. The molecule has 0 saturated heterocycles. The highest BCUT2D eigenvalue weighted by atomic mass is 79.9. The highest BCUT2D eigenvalue weighted by Crippen LogP contribution is 2.24. The van der Waals surface area contributed by atoms with E-state index in [9.17, 15) is 5.21 Å². The maximum absolute atomic E-state index is 10.3. The first-order chi connectivity index (χ1) is 9.66. The molecule has 0 atom stereocenters. The van der Waals surface area contributed by atoms with Gasteiger partial charge in [-0.1, -0.05) is 46.3 Å². The van der Waals surface area contributed by atoms with E-state index >= 15 is 0 Å². The summed E-state index contributed by atoms with van der Waals surface area (Å²) >= 11 is 3.41. The molecule has 100 valence electrons. The van der Waals surface area contributed by atoms with Crippen molar-refractivity contribution in [1.82, 2.24) is 4.98 Å². The van der Waals surface area contributed by atoms with E-state index in [0.717, 1.165) is 27.0 Å². The van der Waals surface area contributed by atoms with Crippen LogP contribution in [0, 0.1) is 6.92 Å². The maximum atomic E-state index is 10.3. The number of benzene rings is 2. The van der Waals surface area contributed by atoms with Crippen LogP contribution in [0.4, 0.5) is 0 Å². The van der Waals surface area contributed by atoms with Crippen LogP contribution in [0.15, 0.2) is 59.1 Å². The highest BCUT2D eigenvalue weighted by molar-refractivity contribution is 9.10. The van der Waals surface area contributed by atoms with E-state index in [1.54, 1.807) is 0 Å². The number of halogens is 1. The number of hydrogen-bond donors (Lipinski definition) is 2. The van der Waals surface area contributed by atoms with Crippen molar-refractivity contribution in [3.05, 3.63) is 64.8 Å². The molecule has 1 heterocycles. The predicted molar refractivity (Wildman–Crippen MR) is 81.5 cm³/mol. The summed E-state index contributed by atoms with van der Waals surface area (Å²) in [5, 5.41) is 10.3. The van der Waals surface area contributed by atoms with E-state index in [-0.39, 0.29) is 0 Å². The third-order valence-corrected chi connectivity index (χ3v) is 3.84. The minimum Gasteiger partial charge on any atom is -0.349 e. The zero-order valence-corrected chi connectivity index (χ0v) is 12.6. The minimum absolute atomic E-state index is 0.675. The van der Waals surface area contributed by atoms with Crippen molar-refractivity contribution in [1.29, 1.82) is 0 Å². The monoisotopic (exact) mass is 329 g/mol. The molecule has 4 heteroatoms. The highest BCUT2D eigenvalue weighted by Gasteiger charge is 2.23. The minimum atomic E-state index is 0.675. The molecule has 0 aliphatic rings. The summed E-state index contributed by atoms with van der Waals surface area (Å²) in [6.07, 6.45) is 0. The van der Waals surface area contributed by atoms with Crippen LogP contribution in [0.5, 0.6) is 0 Å². The molecule has 0 spiro atoms. The molecule has 1 aromatic heterocycles. The SMILES string of the molecule is Cc1c(-c2ccccc2)[nH]c(-c2ccc(Br)cc2)[n+]1O. The Labute approximate surface area is 125 Å². The van der Waals surface area contributed by atoms with Gasteiger partial charge in [0.2, 0.25) is 0 Å². The number of imidazole rings is 1. The lowest BCUT2D eigenvalue weighted by Crippen LogP contribution is -2.33. The summed E-state index contributed by atoms with van der Waals surface area (Å²) in [7, 11) is 0. The van der Waals surface area contributed by atoms with Crippen molar-refractivity contribution in [2.75, 3.05) is 0 Å². The van der Waals surface area contributed by atoms with Crippen LogP contribution in [0.3, 0.4) is 0 Å². The van der Waals surface area contributed by atoms with Crippen molar-refractivity contribution in [2.24, 2.45) is 0 Å². The summed E-state index contributed by atoms with van der Waals surface area (Å²) in [5.41, 5.74) is 3.69. The largest absolute Gasteiger partial charge is 0.349 e. The van der Waals surface area contributed by atoms with Crippen LogP contribution in [0.2, 0.25) is 0 Å². The lowest BCUT2D eigenvalue weighted by Gasteiger charge is -1.94. The molecule has 0 unspecified atom stereocenters. The number of H-pyrrole nitrogens is 1. The molecule has 0 bridgehead atoms. The number of hydrogen-bond acceptors (Lipinski definition) is 1. The molecule has 20 heavy (non-hydrogen) atoms. The lowest BCUT2D eigenvalue weighted by molar-refractivity contribution is -0.899. The van der Waals surface area contributed by atoms with Crippen LogP contribution in [-0.4, -0.2) is 10.2 Å². The summed E-state index contributed by atoms with van der Waals surface area (Å²) in [6, 6.07) is 17.8. The first-order valence-electron chi connectivity index (χ1n) is 6.32. The summed E-state index contributed by atoms with van der Waals surface area (Å²) < 4.78 is 2.21. The van der Waals surface area contributed by atoms with Gasteiger partial charge < -0.3 is 5.21 Å². The van der Waals surface area contributed by atoms with Crippen molar-refractivity contribution in [2.45, 2.75) is 6.92 Å². The lowest BCUT2D eigenvalue weighted by atomic mass is 10.1. The molecule has 0 amide bonds. The normalized spacial score (nSPS) is 10.7. The molecule has 0 radical (unpaired) electrons. The average Bonchev–Trinajstić information content (AvgIpc) is 2.77. The van der Waals surface area contributed by atoms with Gasteiger partial charge in [0.1, 0.15) is 0 Å². The van der Waals surface area contributed by atoms with Gasteiger partial charge in [0, 0.05) is 17.0 Å². The molecular formula is C16H14BrN2O+. The fourth-order valence-electron chi connectivity index (χ4n) is 2.22. The predicted octanol–water partition coefficient (Wildman–Crippen LogP) is 3.94. The van der Waals surface area contributed by atoms with Crippen LogP contribution >= 0.6 is 15.9 Å². The zero-order chi connectivity index (χ0) is 14.1. The van der Waals surface area contributed by atoms with Gasteiger partial charge in [-0.05, 0) is 29.0 Å². The van der Waals surface area contributed by atoms with Gasteiger partial charge in [0.25, 0.3) is 0 Å². The number of aromatic nitrogens is 2. The quantitative estimate of drug-likeness (QED) is 0.542. The van der Waals surface area contributed by atoms with Crippen LogP contribution in [0.25, 0.3) is 22.6 Å². The number of rotatable bonds is 2. The molecule has 2 aromatic carbocycles. The van der Waals surface area contributed by atoms with Crippen LogP contribution in [0.1, 0.15) is 5.69 Å². The summed E-state index contributed by atoms with van der Waals surface area (Å²) in [6.45, 7) is 1.89. The average molecular weight is 330 g/mol. The van der Waals surface area contributed by atoms with Crippen LogP contribution in [-0.2, 0) is 0 Å². The third kappa shape index (κ3) is 2.23. The van der Waals surface area contributed by atoms with Gasteiger partial charge in [0.15, 0.2) is 11.4 Å². The Kier molecular flexibility index (Phi) is 3.32. The Bertz CT molecular complexity index is 733. The van der Waals surface area contributed by atoms with E-state index in [1.807, 2.05) is 61.5 Å². The molecule has 0 saturated carbocycles. The van der Waals surface area contributed by atoms with Crippen LogP contribution < -0.4 is 4.73 Å². The third-order valence-electron chi connectivity index (χ3n) is 3.31. The van der Waals surface area contributed by atoms with E-state index in [2.05, 4.69) is 20.9 Å². The number of aromatic amines is 1. The topological polar surface area (TPSA) is 39.9 Å². The fraction of sp³-hybridized carbons (Fsp3) is 0.0625. The van der Waals surface area contributed by atoms with Gasteiger partial charge in [-0.3, -0.25) is 0 Å². The smallest absolute Gasteiger partial charge is 0.326 e. The van der Waals surface area contributed by atoms with E-state index in [0.29, 0.717) is 5.82 Å². The van der Waals surface area contributed by atoms with Gasteiger partial charge in [-0.25, -0.2) is 4.98 Å². The molecule has 3 aromatic rings. The Balaban J connectivity index is 2.13. The molecule has 3 rings (SSSR count). The van der Waals surface area contributed by atoms with E-state index in [1.165, 1.54) is 4.73 Å². The molecule has 3 nitrogen and oxygen atoms in total. The van der Waals surface area contributed by atoms with Gasteiger partial charge >= 0.3 is 5.82 Å². The molecule has 0 aliphatic carbocycles. The second kappa shape index (κ2) is 5.13. The standard InChI is InChI=1S/C16H13BrN2O/c1-11-15(12-5-3-2-4-6-12)18-16(19(11)20)13-7-9-14(17)10-8-13/h2-10,20H,1H3/p+1. The zero-order valence-electron chi connectivity index (χ0n) is 11.0. The van der Waals surface area contributed by atoms with Crippen molar-refractivity contribution in [3.8, 4) is 22.6 Å². The van der Waals surface area contributed by atoms with Crippen molar-refractivity contribution < 1.29 is 9.94 Å². The van der Waals surface area contributed by atoms with Crippen molar-refractivity contribution >= 4 is 15.9 Å². The fourth-order valence-corrected chi connectivity index (χ4v) is 2.49. The van der Waals surface area contributed by atoms with E-state index < -0.39 is 0 Å². The second-order valence-corrected chi connectivity index (χ2v) is 5.53. The maximum Gasteiger partial charge on any atom is 0.326 e. The van der Waals surface area contributed by atoms with Gasteiger partial charge in [-0.15, -0.1) is 0 Å². The summed E-state index contributed by atoms with van der Waals surface area (Å²) in [5.74, 6) is 0.675. The first kappa shape index (κ1) is 12.9. The molecule has 2 N–H and O–H groups in total. The van der Waals surface area contributed by atoms with E-state index in [4.69, 9.17) is 0 Å². The molecular weight excluding hydrogens is 316 g/mol. The number of nitrogens with zero attached hydrogens (tertiary/aromatic N) is 1.